The number of methoxy groups -OCH3 is 8. The molecule has 4 aliphatic heterocycles. The number of rotatable bonds is 20. The minimum absolute atomic E-state index is 0. The predicted molar refractivity (Wildman–Crippen MR) is 376 cm³/mol. The van der Waals surface area contributed by atoms with Gasteiger partial charge in [-0.05, 0) is 189 Å². The molecule has 515 valence electrons. The molecule has 4 unspecified atom stereocenters. The number of esters is 4. The molecule has 16 bridgehead atoms. The Morgan fingerprint density at radius 3 is 1.24 bits per heavy atom. The van der Waals surface area contributed by atoms with Crippen molar-refractivity contribution in [3.8, 4) is 0 Å². The fraction of sp³-hybridized carbons (Fsp3) is 0.421. The Morgan fingerprint density at radius 2 is 0.711 bits per heavy atom. The van der Waals surface area contributed by atoms with Crippen molar-refractivity contribution < 1.29 is 73.9 Å². The van der Waals surface area contributed by atoms with Gasteiger partial charge in [0.25, 0.3) is 0 Å². The molecule has 6 aromatic heterocycles. The van der Waals surface area contributed by atoms with Crippen LogP contribution in [0.5, 0.6) is 0 Å². The van der Waals surface area contributed by atoms with Crippen LogP contribution in [-0.4, -0.2) is 123 Å². The van der Waals surface area contributed by atoms with Crippen LogP contribution < -0.4 is 9.97 Å². The average molecular weight is 1370 g/mol. The zero-order chi connectivity index (χ0) is 69.7. The molecular weight excluding hydrogens is 1280 g/mol. The number of nitrogens with one attached hydrogen (secondary N) is 2. The van der Waals surface area contributed by atoms with Crippen LogP contribution in [0.4, 0.5) is 0 Å². The maximum atomic E-state index is 12.3. The Balaban J connectivity index is 0.000000245. The topological polar surface area (TPSA) is 253 Å². The molecule has 0 saturated carbocycles. The summed E-state index contributed by atoms with van der Waals surface area (Å²) in [5.74, 6) is -1.16. The van der Waals surface area contributed by atoms with Crippen LogP contribution in [0.1, 0.15) is 196 Å². The number of aromatic amines is 2. The zero-order valence-corrected chi connectivity index (χ0v) is 60.5. The van der Waals surface area contributed by atoms with Gasteiger partial charge in [-0.2, -0.15) is 0 Å². The minimum Gasteiger partial charge on any atom is -0.657 e. The van der Waals surface area contributed by atoms with E-state index in [1.54, 1.807) is 28.4 Å². The van der Waals surface area contributed by atoms with E-state index in [1.165, 1.54) is 28.4 Å². The van der Waals surface area contributed by atoms with E-state index in [0.717, 1.165) is 168 Å². The van der Waals surface area contributed by atoms with Gasteiger partial charge in [-0.15, -0.1) is 22.1 Å². The van der Waals surface area contributed by atoms with Gasteiger partial charge in [-0.3, -0.25) is 19.2 Å². The Morgan fingerprint density at radius 1 is 0.361 bits per heavy atom. The maximum absolute atomic E-state index is 12.3. The molecule has 1 radical (unpaired) electrons. The van der Waals surface area contributed by atoms with Gasteiger partial charge >= 0.3 is 40.7 Å². The summed E-state index contributed by atoms with van der Waals surface area (Å²) in [6, 6.07) is 16.2. The van der Waals surface area contributed by atoms with E-state index in [4.69, 9.17) is 67.8 Å². The Kier molecular flexibility index (Phi) is 24.3. The third-order valence-electron chi connectivity index (χ3n) is 19.4. The molecule has 0 fully saturated rings. The molecule has 4 aliphatic rings. The number of ether oxygens (including phenoxy) is 8. The van der Waals surface area contributed by atoms with Gasteiger partial charge in [0.05, 0.1) is 98.4 Å². The third kappa shape index (κ3) is 15.4. The number of hydrogen-bond donors (Lipinski definition) is 2. The molecule has 10 heterocycles. The second kappa shape index (κ2) is 31.7. The van der Waals surface area contributed by atoms with Crippen LogP contribution in [0.15, 0.2) is 48.5 Å². The van der Waals surface area contributed by atoms with Gasteiger partial charge in [-0.25, -0.2) is 19.9 Å². The molecule has 0 aliphatic carbocycles. The summed E-state index contributed by atoms with van der Waals surface area (Å²) >= 11 is 0. The number of allylic oxidation sites excluding steroid dienone is 6. The molecule has 0 amide bonds. The Labute approximate surface area is 577 Å². The molecule has 97 heavy (non-hydrogen) atoms. The second-order valence-corrected chi connectivity index (χ2v) is 24.7. The molecule has 2 N–H and O–H groups in total. The first kappa shape index (κ1) is 74.2. The van der Waals surface area contributed by atoms with Crippen molar-refractivity contribution in [3.05, 3.63) is 139 Å². The van der Waals surface area contributed by atoms with Crippen LogP contribution in [-0.2, 0) is 86.7 Å². The van der Waals surface area contributed by atoms with Gasteiger partial charge in [0.1, 0.15) is 0 Å². The number of aromatic nitrogens is 8. The van der Waals surface area contributed by atoms with E-state index in [1.807, 2.05) is 92.6 Å². The van der Waals surface area contributed by atoms with Crippen molar-refractivity contribution in [3.63, 3.8) is 0 Å². The summed E-state index contributed by atoms with van der Waals surface area (Å²) in [6.07, 6.45) is 1.87. The summed E-state index contributed by atoms with van der Waals surface area (Å²) in [5.41, 5.74) is 28.5. The number of aryl methyl sites for hydroxylation is 6. The summed E-state index contributed by atoms with van der Waals surface area (Å²) in [6.45, 7) is 24.5. The van der Waals surface area contributed by atoms with Gasteiger partial charge in [-0.1, -0.05) is 41.0 Å². The summed E-state index contributed by atoms with van der Waals surface area (Å²) in [4.78, 5) is 87.0. The van der Waals surface area contributed by atoms with Crippen molar-refractivity contribution in [1.82, 2.24) is 39.9 Å². The maximum Gasteiger partial charge on any atom is 2.00 e. The van der Waals surface area contributed by atoms with Gasteiger partial charge in [0.2, 0.25) is 0 Å². The number of carbonyl (C=O) groups excluding carboxylic acids is 4. The van der Waals surface area contributed by atoms with E-state index >= 15 is 0 Å². The molecular formula is C76H90CoN8O12. The van der Waals surface area contributed by atoms with E-state index < -0.39 is 0 Å². The number of H-pyrrole nitrogens is 2. The van der Waals surface area contributed by atoms with Crippen LogP contribution in [0, 0.1) is 27.7 Å². The largest absolute Gasteiger partial charge is 2.00 e. The van der Waals surface area contributed by atoms with Crippen molar-refractivity contribution in [2.75, 3.05) is 56.9 Å². The van der Waals surface area contributed by atoms with Gasteiger partial charge in [0, 0.05) is 92.9 Å². The molecule has 0 aromatic carbocycles. The Hall–Kier alpha value is -8.57. The quantitative estimate of drug-likeness (QED) is 0.0532. The summed E-state index contributed by atoms with van der Waals surface area (Å²) in [7, 11) is 12.4. The first-order valence-electron chi connectivity index (χ1n) is 32.4. The number of carbonyl (C=O) groups is 4. The Bertz CT molecular complexity index is 4580. The first-order valence-corrected chi connectivity index (χ1v) is 32.4. The SMILES string of the molecule is COC(=O)CCC1=C(C)c2cc3[n-]c(cc4nc(cc5[n-]c(cc1n2)c(CCC(=O)OC)c5C)C(C(C)OC)=C4C)c(C(C)OC)c3C.COC(=O)CCC1=C(C)c2cc3[nH]c(cc4nc(cc5[nH]c(cc1n2)c(CCC(=O)OC)c5C)C(C)=C4C(C)OC)c(C)c3C(C)OC.[Co+2]. The predicted octanol–water partition coefficient (Wildman–Crippen LogP) is 14.4. The van der Waals surface area contributed by atoms with Crippen LogP contribution >= 0.6 is 0 Å². The zero-order valence-electron chi connectivity index (χ0n) is 59.5. The van der Waals surface area contributed by atoms with Crippen LogP contribution in [0.3, 0.4) is 0 Å². The van der Waals surface area contributed by atoms with Gasteiger partial charge < -0.3 is 57.8 Å². The van der Waals surface area contributed by atoms with E-state index in [9.17, 15) is 19.2 Å². The monoisotopic (exact) mass is 1370 g/mol. The average Bonchev–Trinajstić information content (AvgIpc) is 1.62. The molecule has 20 nitrogen and oxygen atoms in total. The van der Waals surface area contributed by atoms with Crippen molar-refractivity contribution >= 4 is 113 Å². The molecule has 0 spiro atoms. The van der Waals surface area contributed by atoms with Crippen molar-refractivity contribution in [2.24, 2.45) is 0 Å². The van der Waals surface area contributed by atoms with Crippen LogP contribution in [0.25, 0.3) is 88.7 Å². The van der Waals surface area contributed by atoms with E-state index in [2.05, 4.69) is 48.9 Å². The van der Waals surface area contributed by atoms with Crippen molar-refractivity contribution in [1.29, 1.82) is 0 Å². The standard InChI is InChI=1S/C38H46N4O6.C38H44N4O6.Co/c2*1-19-25(11-13-35(43)47-9)31-18-32-26(12-14-36(44)48-10)20(2)28(40-32)16-33-38(24(6)46-8)22(4)30(42-33)17-34-37(23(5)45-7)21(3)29(41-34)15-27(19)39-31;/h15-18,23-24,39,42H,11-14H2,1-10H3;15-18,23-24H,11-14H2,1-10H3;/q;-2;+2. The van der Waals surface area contributed by atoms with Crippen LogP contribution in [0.2, 0.25) is 0 Å². The van der Waals surface area contributed by atoms with E-state index in [-0.39, 0.29) is 90.8 Å². The van der Waals surface area contributed by atoms with Crippen molar-refractivity contribution in [2.45, 2.75) is 159 Å². The molecule has 4 atom stereocenters. The fourth-order valence-corrected chi connectivity index (χ4v) is 13.3. The smallest absolute Gasteiger partial charge is 0.657 e. The number of nitrogens with zero attached hydrogens (tertiary/aromatic N) is 6. The minimum atomic E-state index is -0.299. The summed E-state index contributed by atoms with van der Waals surface area (Å²) < 4.78 is 43.2. The molecule has 21 heteroatoms. The molecule has 6 aromatic rings. The molecule has 0 saturated heterocycles. The number of hydrogen-bond acceptors (Lipinski definition) is 16. The normalized spacial score (nSPS) is 14.2. The third-order valence-corrected chi connectivity index (χ3v) is 19.4. The van der Waals surface area contributed by atoms with E-state index in [0.29, 0.717) is 36.9 Å². The number of fused-ring (bicyclic) bond motifs is 16. The van der Waals surface area contributed by atoms with Gasteiger partial charge in [0.15, 0.2) is 0 Å². The first-order chi connectivity index (χ1) is 45.8. The molecule has 10 rings (SSSR count). The summed E-state index contributed by atoms with van der Waals surface area (Å²) in [5, 5.41) is 0. The fourth-order valence-electron chi connectivity index (χ4n) is 13.3. The second-order valence-electron chi connectivity index (χ2n) is 24.7.